The number of nitrogens with zero attached hydrogens (tertiary/aromatic N) is 2. The van der Waals surface area contributed by atoms with Gasteiger partial charge in [-0.25, -0.2) is 0 Å². The van der Waals surface area contributed by atoms with Gasteiger partial charge in [-0.3, -0.25) is 0 Å². The van der Waals surface area contributed by atoms with Crippen molar-refractivity contribution in [3.63, 3.8) is 0 Å². The Kier molecular flexibility index (Phi) is 9.02. The molecule has 0 saturated carbocycles. The molecule has 11 rings (SSSR count). The number of benzene rings is 8. The van der Waals surface area contributed by atoms with Crippen molar-refractivity contribution in [1.29, 1.82) is 0 Å². The quantitative estimate of drug-likeness (QED) is 0.151. The first-order valence-corrected chi connectivity index (χ1v) is 22.1. The number of anilines is 5. The molecule has 8 aromatic rings. The molecule has 8 aromatic carbocycles. The van der Waals surface area contributed by atoms with E-state index in [1.54, 1.807) is 0 Å². The third-order valence-electron chi connectivity index (χ3n) is 13.6. The SMILES string of the molecule is CC1(C)c2cc(N(C3=CC=CCC3)c3ccccc3)ccc2-c2c(-c3ccccc3)c(-c3ccccc3)c3c(c21)C(C)(C)c1cc(N(c2ccccc2)c2ccccc2)ccc1-3. The minimum atomic E-state index is -0.319. The summed E-state index contributed by atoms with van der Waals surface area (Å²) in [4.78, 5) is 4.88. The first-order chi connectivity index (χ1) is 30.3. The van der Waals surface area contributed by atoms with E-state index >= 15 is 0 Å². The number of para-hydroxylation sites is 3. The lowest BCUT2D eigenvalue weighted by atomic mass is 9.70. The lowest BCUT2D eigenvalue weighted by Gasteiger charge is -2.33. The van der Waals surface area contributed by atoms with Crippen molar-refractivity contribution in [1.82, 2.24) is 0 Å². The van der Waals surface area contributed by atoms with E-state index in [1.165, 1.54) is 83.8 Å². The van der Waals surface area contributed by atoms with Crippen LogP contribution in [-0.2, 0) is 10.8 Å². The van der Waals surface area contributed by atoms with Gasteiger partial charge in [-0.05, 0) is 146 Å². The summed E-state index contributed by atoms with van der Waals surface area (Å²) in [5.41, 5.74) is 22.6. The molecule has 2 nitrogen and oxygen atoms in total. The maximum atomic E-state index is 2.51. The van der Waals surface area contributed by atoms with Crippen LogP contribution in [-0.4, -0.2) is 0 Å². The molecule has 62 heavy (non-hydrogen) atoms. The minimum Gasteiger partial charge on any atom is -0.314 e. The molecule has 0 heterocycles. The molecule has 0 N–H and O–H groups in total. The van der Waals surface area contributed by atoms with Crippen molar-refractivity contribution in [2.75, 3.05) is 9.80 Å². The van der Waals surface area contributed by atoms with E-state index in [4.69, 9.17) is 0 Å². The second kappa shape index (κ2) is 14.8. The number of hydrogen-bond acceptors (Lipinski definition) is 2. The van der Waals surface area contributed by atoms with Crippen LogP contribution in [0.5, 0.6) is 0 Å². The van der Waals surface area contributed by atoms with E-state index in [9.17, 15) is 0 Å². The number of rotatable bonds is 8. The van der Waals surface area contributed by atoms with Gasteiger partial charge >= 0.3 is 0 Å². The molecule has 0 saturated heterocycles. The summed E-state index contributed by atoms with van der Waals surface area (Å²) in [5, 5.41) is 0. The average Bonchev–Trinajstić information content (AvgIpc) is 3.69. The van der Waals surface area contributed by atoms with Crippen LogP contribution >= 0.6 is 0 Å². The first-order valence-electron chi connectivity index (χ1n) is 22.1. The number of hydrogen-bond donors (Lipinski definition) is 0. The highest BCUT2D eigenvalue weighted by atomic mass is 15.2. The van der Waals surface area contributed by atoms with Crippen LogP contribution in [0.3, 0.4) is 0 Å². The van der Waals surface area contributed by atoms with Gasteiger partial charge < -0.3 is 9.80 Å². The van der Waals surface area contributed by atoms with E-state index in [0.29, 0.717) is 0 Å². The summed E-state index contributed by atoms with van der Waals surface area (Å²) < 4.78 is 0. The molecular formula is C60H50N2. The summed E-state index contributed by atoms with van der Waals surface area (Å²) in [6, 6.07) is 69.3. The standard InChI is InChI=1S/C60H50N2/c1-59(2)51-39-47(61(43-27-15-7-16-28-43)44-29-17-8-18-30-44)35-37-49(51)55-53(41-23-11-5-12-24-41)54(42-25-13-6-14-26-42)56-50-38-36-48(40-52(50)60(3,4)58(56)57(55)59)62(45-31-19-9-20-32-45)46-33-21-10-22-34-46/h5-21,23-33,35-40H,22,34H2,1-4H3. The smallest absolute Gasteiger partial charge is 0.0465 e. The highest BCUT2D eigenvalue weighted by molar-refractivity contribution is 6.10. The number of allylic oxidation sites excluding steroid dienone is 4. The molecule has 3 aliphatic carbocycles. The van der Waals surface area contributed by atoms with Gasteiger partial charge in [-0.15, -0.1) is 0 Å². The van der Waals surface area contributed by atoms with E-state index < -0.39 is 0 Å². The van der Waals surface area contributed by atoms with Crippen LogP contribution in [0.4, 0.5) is 28.4 Å². The Hall–Kier alpha value is -7.16. The highest BCUT2D eigenvalue weighted by Gasteiger charge is 2.49. The van der Waals surface area contributed by atoms with E-state index in [0.717, 1.165) is 29.9 Å². The van der Waals surface area contributed by atoms with E-state index in [2.05, 4.69) is 244 Å². The largest absolute Gasteiger partial charge is 0.314 e. The molecule has 2 heteroatoms. The van der Waals surface area contributed by atoms with Crippen molar-refractivity contribution < 1.29 is 0 Å². The Morgan fingerprint density at radius 2 is 0.774 bits per heavy atom. The molecule has 0 amide bonds. The van der Waals surface area contributed by atoms with Gasteiger partial charge in [0, 0.05) is 45.0 Å². The summed E-state index contributed by atoms with van der Waals surface area (Å²) in [6.07, 6.45) is 8.82. The van der Waals surface area contributed by atoms with Crippen molar-refractivity contribution in [2.24, 2.45) is 0 Å². The van der Waals surface area contributed by atoms with Gasteiger partial charge in [-0.1, -0.05) is 167 Å². The average molecular weight is 799 g/mol. The molecule has 300 valence electrons. The van der Waals surface area contributed by atoms with Crippen LogP contribution in [0.2, 0.25) is 0 Å². The van der Waals surface area contributed by atoms with E-state index in [1.807, 2.05) is 0 Å². The van der Waals surface area contributed by atoms with Crippen LogP contribution in [0.1, 0.15) is 62.8 Å². The van der Waals surface area contributed by atoms with Gasteiger partial charge in [0.15, 0.2) is 0 Å². The highest BCUT2D eigenvalue weighted by Crippen LogP contribution is 2.65. The second-order valence-electron chi connectivity index (χ2n) is 18.0. The van der Waals surface area contributed by atoms with Crippen LogP contribution in [0.25, 0.3) is 44.5 Å². The van der Waals surface area contributed by atoms with Gasteiger partial charge in [0.25, 0.3) is 0 Å². The van der Waals surface area contributed by atoms with Crippen molar-refractivity contribution >= 4 is 28.4 Å². The Morgan fingerprint density at radius 1 is 0.387 bits per heavy atom. The summed E-state index contributed by atoms with van der Waals surface area (Å²) in [6.45, 7) is 9.90. The molecule has 0 unspecified atom stereocenters. The molecule has 0 fully saturated rings. The number of fused-ring (bicyclic) bond motifs is 7. The minimum absolute atomic E-state index is 0.311. The zero-order chi connectivity index (χ0) is 42.0. The fraction of sp³-hybridized carbons (Fsp3) is 0.133. The summed E-state index contributed by atoms with van der Waals surface area (Å²) in [7, 11) is 0. The van der Waals surface area contributed by atoms with Gasteiger partial charge in [0.1, 0.15) is 0 Å². The molecule has 3 aliphatic rings. The molecule has 0 aliphatic heterocycles. The molecule has 0 spiro atoms. The fourth-order valence-electron chi connectivity index (χ4n) is 10.8. The molecule has 0 bridgehead atoms. The third-order valence-corrected chi connectivity index (χ3v) is 13.6. The van der Waals surface area contributed by atoms with E-state index in [-0.39, 0.29) is 10.8 Å². The maximum Gasteiger partial charge on any atom is 0.0465 e. The zero-order valence-electron chi connectivity index (χ0n) is 35.9. The van der Waals surface area contributed by atoms with Gasteiger partial charge in [-0.2, -0.15) is 0 Å². The molecule has 0 atom stereocenters. The summed E-state index contributed by atoms with van der Waals surface area (Å²) >= 11 is 0. The van der Waals surface area contributed by atoms with Crippen molar-refractivity contribution in [2.45, 2.75) is 51.4 Å². The van der Waals surface area contributed by atoms with Crippen LogP contribution < -0.4 is 9.80 Å². The Balaban J connectivity index is 1.20. The first kappa shape index (κ1) is 37.8. The Labute approximate surface area is 366 Å². The van der Waals surface area contributed by atoms with Crippen molar-refractivity contribution in [3.05, 3.63) is 234 Å². The van der Waals surface area contributed by atoms with Gasteiger partial charge in [0.05, 0.1) is 0 Å². The van der Waals surface area contributed by atoms with Gasteiger partial charge in [0.2, 0.25) is 0 Å². The Bertz CT molecular complexity index is 2990. The molecule has 0 aromatic heterocycles. The monoisotopic (exact) mass is 798 g/mol. The second-order valence-corrected chi connectivity index (χ2v) is 18.0. The predicted octanol–water partition coefficient (Wildman–Crippen LogP) is 16.5. The zero-order valence-corrected chi connectivity index (χ0v) is 35.9. The normalized spacial score (nSPS) is 14.9. The molecule has 0 radical (unpaired) electrons. The predicted molar refractivity (Wildman–Crippen MR) is 262 cm³/mol. The Morgan fingerprint density at radius 3 is 1.18 bits per heavy atom. The lowest BCUT2D eigenvalue weighted by molar-refractivity contribution is 0.601. The lowest BCUT2D eigenvalue weighted by Crippen LogP contribution is -2.25. The fourth-order valence-corrected chi connectivity index (χ4v) is 10.8. The third kappa shape index (κ3) is 5.92. The van der Waals surface area contributed by atoms with Crippen LogP contribution in [0.15, 0.2) is 212 Å². The molecular weight excluding hydrogens is 749 g/mol. The maximum absolute atomic E-state index is 2.51. The topological polar surface area (TPSA) is 6.48 Å². The van der Waals surface area contributed by atoms with Crippen molar-refractivity contribution in [3.8, 4) is 44.5 Å². The van der Waals surface area contributed by atoms with Crippen LogP contribution in [0, 0.1) is 0 Å². The summed E-state index contributed by atoms with van der Waals surface area (Å²) in [5.74, 6) is 0.